The van der Waals surface area contributed by atoms with Crippen molar-refractivity contribution in [3.05, 3.63) is 12.7 Å². The highest BCUT2D eigenvalue weighted by Crippen LogP contribution is 2.29. The summed E-state index contributed by atoms with van der Waals surface area (Å²) in [4.78, 5) is 24.5. The highest BCUT2D eigenvalue weighted by Gasteiger charge is 2.47. The van der Waals surface area contributed by atoms with Crippen LogP contribution < -0.4 is 5.73 Å². The lowest BCUT2D eigenvalue weighted by Gasteiger charge is -2.34. The molecule has 2 amide bonds. The summed E-state index contributed by atoms with van der Waals surface area (Å²) in [5.41, 5.74) is 4.37. The highest BCUT2D eigenvalue weighted by molar-refractivity contribution is 5.95. The average Bonchev–Trinajstić information content (AvgIpc) is 2.62. The molecular formula is C10H16N2O3. The number of methoxy groups -OCH3 is 1. The van der Waals surface area contributed by atoms with Gasteiger partial charge in [0.2, 0.25) is 11.8 Å². The predicted octanol–water partition coefficient (Wildman–Crippen LogP) is -0.335. The first-order valence-corrected chi connectivity index (χ1v) is 4.81. The summed E-state index contributed by atoms with van der Waals surface area (Å²) in [5.74, 6) is -0.791. The van der Waals surface area contributed by atoms with Gasteiger partial charge >= 0.3 is 0 Å². The Hall–Kier alpha value is -1.36. The Balaban J connectivity index is 2.99. The van der Waals surface area contributed by atoms with Crippen molar-refractivity contribution in [1.29, 1.82) is 0 Å². The first-order valence-electron chi connectivity index (χ1n) is 4.81. The molecule has 1 heterocycles. The van der Waals surface area contributed by atoms with E-state index in [-0.39, 0.29) is 12.5 Å². The fourth-order valence-corrected chi connectivity index (χ4v) is 2.03. The Morgan fingerprint density at radius 1 is 1.67 bits per heavy atom. The summed E-state index contributed by atoms with van der Waals surface area (Å²) >= 11 is 0. The molecule has 1 atom stereocenters. The number of hydrogen-bond donors (Lipinski definition) is 1. The van der Waals surface area contributed by atoms with Crippen LogP contribution in [0.4, 0.5) is 0 Å². The maximum Gasteiger partial charge on any atom is 0.246 e. The molecule has 5 nitrogen and oxygen atoms in total. The zero-order valence-corrected chi connectivity index (χ0v) is 8.86. The molecule has 0 aromatic carbocycles. The van der Waals surface area contributed by atoms with Gasteiger partial charge in [0.05, 0.1) is 6.61 Å². The smallest absolute Gasteiger partial charge is 0.246 e. The van der Waals surface area contributed by atoms with Crippen molar-refractivity contribution in [1.82, 2.24) is 4.90 Å². The first-order chi connectivity index (χ1) is 7.08. The Morgan fingerprint density at radius 3 is 2.80 bits per heavy atom. The number of hydrogen-bond acceptors (Lipinski definition) is 3. The molecule has 1 aliphatic heterocycles. The van der Waals surface area contributed by atoms with Crippen molar-refractivity contribution in [2.75, 3.05) is 20.3 Å². The van der Waals surface area contributed by atoms with Crippen LogP contribution in [0, 0.1) is 0 Å². The quantitative estimate of drug-likeness (QED) is 0.648. The summed E-state index contributed by atoms with van der Waals surface area (Å²) in [5, 5.41) is 0. The molecule has 15 heavy (non-hydrogen) atoms. The molecule has 5 heteroatoms. The molecule has 0 aliphatic carbocycles. The normalized spacial score (nSPS) is 25.3. The molecule has 84 valence electrons. The van der Waals surface area contributed by atoms with Crippen LogP contribution in [-0.2, 0) is 14.3 Å². The lowest BCUT2D eigenvalue weighted by atomic mass is 9.96. The van der Waals surface area contributed by atoms with E-state index < -0.39 is 11.4 Å². The van der Waals surface area contributed by atoms with Crippen molar-refractivity contribution in [3.63, 3.8) is 0 Å². The monoisotopic (exact) mass is 212 g/mol. The topological polar surface area (TPSA) is 72.6 Å². The van der Waals surface area contributed by atoms with Gasteiger partial charge in [0.25, 0.3) is 0 Å². The number of carbonyl (C=O) groups excluding carboxylic acids is 2. The fourth-order valence-electron chi connectivity index (χ4n) is 2.03. The molecule has 0 bridgehead atoms. The van der Waals surface area contributed by atoms with Crippen LogP contribution >= 0.6 is 0 Å². The molecule has 2 N–H and O–H groups in total. The molecular weight excluding hydrogens is 196 g/mol. The molecule has 0 radical (unpaired) electrons. The van der Waals surface area contributed by atoms with Crippen LogP contribution in [0.5, 0.6) is 0 Å². The van der Waals surface area contributed by atoms with E-state index in [0.717, 1.165) is 6.42 Å². The summed E-state index contributed by atoms with van der Waals surface area (Å²) in [6.07, 6.45) is 2.50. The molecule has 1 unspecified atom stereocenters. The Bertz CT molecular complexity index is 290. The zero-order valence-electron chi connectivity index (χ0n) is 8.86. The van der Waals surface area contributed by atoms with E-state index >= 15 is 0 Å². The number of likely N-dealkylation sites (tertiary alicyclic amines) is 1. The molecule has 1 saturated heterocycles. The number of nitrogens with two attached hydrogens (primary N) is 1. The van der Waals surface area contributed by atoms with E-state index in [1.807, 2.05) is 0 Å². The van der Waals surface area contributed by atoms with Gasteiger partial charge in [-0.25, -0.2) is 0 Å². The maximum atomic E-state index is 11.6. The number of carbonyl (C=O) groups is 2. The number of ether oxygens (including phenoxy) is 1. The van der Waals surface area contributed by atoms with Gasteiger partial charge in [0.1, 0.15) is 5.54 Å². The zero-order chi connectivity index (χ0) is 11.5. The summed E-state index contributed by atoms with van der Waals surface area (Å²) < 4.78 is 4.99. The van der Waals surface area contributed by atoms with Crippen LogP contribution in [0.3, 0.4) is 0 Å². The van der Waals surface area contributed by atoms with Gasteiger partial charge in [0.15, 0.2) is 0 Å². The van der Waals surface area contributed by atoms with Crippen LogP contribution in [0.1, 0.15) is 12.8 Å². The van der Waals surface area contributed by atoms with Gasteiger partial charge in [-0.2, -0.15) is 0 Å². The minimum Gasteiger partial charge on any atom is -0.382 e. The fraction of sp³-hybridized carbons (Fsp3) is 0.600. The number of nitrogens with zero attached hydrogens (tertiary/aromatic N) is 1. The van der Waals surface area contributed by atoms with E-state index in [0.29, 0.717) is 13.0 Å². The molecule has 1 fully saturated rings. The number of primary amides is 1. The number of amides is 2. The molecule has 1 rings (SSSR count). The maximum absolute atomic E-state index is 11.6. The minimum atomic E-state index is -0.986. The standard InChI is InChI=1S/C10H16N2O3/c1-3-8(13)12-6-4-5-10(12,7-15-2)9(11)14/h3H,1,4-7H2,2H3,(H2,11,14). The van der Waals surface area contributed by atoms with Crippen LogP contribution in [0.15, 0.2) is 12.7 Å². The Labute approximate surface area is 88.9 Å². The van der Waals surface area contributed by atoms with Gasteiger partial charge in [0, 0.05) is 13.7 Å². The molecule has 0 aromatic rings. The lowest BCUT2D eigenvalue weighted by Crippen LogP contribution is -2.58. The van der Waals surface area contributed by atoms with Crippen molar-refractivity contribution >= 4 is 11.8 Å². The van der Waals surface area contributed by atoms with Crippen LogP contribution in [0.25, 0.3) is 0 Å². The summed E-state index contributed by atoms with van der Waals surface area (Å²) in [6.45, 7) is 4.07. The second-order valence-electron chi connectivity index (χ2n) is 3.63. The third-order valence-corrected chi connectivity index (χ3v) is 2.77. The van der Waals surface area contributed by atoms with Gasteiger partial charge in [-0.3, -0.25) is 9.59 Å². The van der Waals surface area contributed by atoms with Crippen molar-refractivity contribution in [2.24, 2.45) is 5.73 Å². The van der Waals surface area contributed by atoms with Gasteiger partial charge < -0.3 is 15.4 Å². The summed E-state index contributed by atoms with van der Waals surface area (Å²) in [6, 6.07) is 0. The van der Waals surface area contributed by atoms with Crippen molar-refractivity contribution in [2.45, 2.75) is 18.4 Å². The molecule has 0 aromatic heterocycles. The lowest BCUT2D eigenvalue weighted by molar-refractivity contribution is -0.143. The highest BCUT2D eigenvalue weighted by atomic mass is 16.5. The van der Waals surface area contributed by atoms with Crippen LogP contribution in [-0.4, -0.2) is 42.5 Å². The molecule has 0 saturated carbocycles. The van der Waals surface area contributed by atoms with Crippen LogP contribution in [0.2, 0.25) is 0 Å². The second kappa shape index (κ2) is 4.44. The third kappa shape index (κ3) is 1.87. The summed E-state index contributed by atoms with van der Waals surface area (Å²) in [7, 11) is 1.49. The van der Waals surface area contributed by atoms with Gasteiger partial charge in [-0.1, -0.05) is 6.58 Å². The second-order valence-corrected chi connectivity index (χ2v) is 3.63. The molecule has 1 aliphatic rings. The Kier molecular flexibility index (Phi) is 3.47. The minimum absolute atomic E-state index is 0.141. The molecule has 0 spiro atoms. The predicted molar refractivity (Wildman–Crippen MR) is 54.9 cm³/mol. The van der Waals surface area contributed by atoms with E-state index in [1.165, 1.54) is 18.1 Å². The first kappa shape index (κ1) is 11.7. The van der Waals surface area contributed by atoms with Crippen molar-refractivity contribution in [3.8, 4) is 0 Å². The SMILES string of the molecule is C=CC(=O)N1CCCC1(COC)C(N)=O. The van der Waals surface area contributed by atoms with Crippen molar-refractivity contribution < 1.29 is 14.3 Å². The third-order valence-electron chi connectivity index (χ3n) is 2.77. The van der Waals surface area contributed by atoms with E-state index in [2.05, 4.69) is 6.58 Å². The van der Waals surface area contributed by atoms with E-state index in [4.69, 9.17) is 10.5 Å². The Morgan fingerprint density at radius 2 is 2.33 bits per heavy atom. The largest absolute Gasteiger partial charge is 0.382 e. The number of rotatable bonds is 4. The van der Waals surface area contributed by atoms with Gasteiger partial charge in [-0.15, -0.1) is 0 Å². The van der Waals surface area contributed by atoms with Gasteiger partial charge in [-0.05, 0) is 18.9 Å². The average molecular weight is 212 g/mol. The van der Waals surface area contributed by atoms with E-state index in [9.17, 15) is 9.59 Å². The van der Waals surface area contributed by atoms with E-state index in [1.54, 1.807) is 0 Å².